The zero-order valence-electron chi connectivity index (χ0n) is 13.8. The minimum Gasteiger partial charge on any atom is -0.308 e. The molecule has 6 nitrogen and oxygen atoms in total. The maximum absolute atomic E-state index is 12.2. The second kappa shape index (κ2) is 6.57. The topological polar surface area (TPSA) is 78.5 Å². The van der Waals surface area contributed by atoms with Gasteiger partial charge >= 0.3 is 6.03 Å². The summed E-state index contributed by atoms with van der Waals surface area (Å²) in [5.41, 5.74) is 3.58. The van der Waals surface area contributed by atoms with Gasteiger partial charge in [-0.05, 0) is 48.7 Å². The third kappa shape index (κ3) is 3.88. The van der Waals surface area contributed by atoms with Gasteiger partial charge in [-0.2, -0.15) is 0 Å². The van der Waals surface area contributed by atoms with Gasteiger partial charge in [0.15, 0.2) is 0 Å². The molecule has 0 bridgehead atoms. The fraction of sp³-hybridized carbons (Fsp3) is 0.235. The summed E-state index contributed by atoms with van der Waals surface area (Å²) < 4.78 is 25.1. The van der Waals surface area contributed by atoms with Crippen molar-refractivity contribution >= 4 is 44.7 Å². The number of anilines is 3. The highest BCUT2D eigenvalue weighted by Crippen LogP contribution is 2.32. The van der Waals surface area contributed by atoms with E-state index in [9.17, 15) is 13.2 Å². The fourth-order valence-corrected chi connectivity index (χ4v) is 3.91. The zero-order chi connectivity index (χ0) is 18.2. The van der Waals surface area contributed by atoms with Crippen LogP contribution in [0.15, 0.2) is 36.4 Å². The van der Waals surface area contributed by atoms with Gasteiger partial charge in [-0.25, -0.2) is 13.2 Å². The molecule has 3 rings (SSSR count). The molecule has 0 radical (unpaired) electrons. The molecule has 2 aromatic rings. The average molecular weight is 380 g/mol. The number of benzene rings is 2. The van der Waals surface area contributed by atoms with Gasteiger partial charge in [0, 0.05) is 22.9 Å². The molecule has 1 aliphatic heterocycles. The number of aryl methyl sites for hydroxylation is 1. The third-order valence-electron chi connectivity index (χ3n) is 4.04. The van der Waals surface area contributed by atoms with Crippen LogP contribution < -0.4 is 14.9 Å². The minimum absolute atomic E-state index is 0.422. The summed E-state index contributed by atoms with van der Waals surface area (Å²) in [6.45, 7) is 2.29. The van der Waals surface area contributed by atoms with Gasteiger partial charge in [-0.3, -0.25) is 4.31 Å². The number of halogens is 1. The van der Waals surface area contributed by atoms with Crippen LogP contribution in [0.5, 0.6) is 0 Å². The van der Waals surface area contributed by atoms with E-state index in [1.807, 2.05) is 19.1 Å². The first-order valence-corrected chi connectivity index (χ1v) is 9.91. The molecule has 0 atom stereocenters. The highest BCUT2D eigenvalue weighted by Gasteiger charge is 2.26. The van der Waals surface area contributed by atoms with Gasteiger partial charge in [-0.1, -0.05) is 23.7 Å². The Morgan fingerprint density at radius 3 is 2.64 bits per heavy atom. The predicted molar refractivity (Wildman–Crippen MR) is 101 cm³/mol. The Morgan fingerprint density at radius 2 is 1.92 bits per heavy atom. The molecule has 0 spiro atoms. The summed E-state index contributed by atoms with van der Waals surface area (Å²) >= 11 is 5.95. The van der Waals surface area contributed by atoms with Crippen molar-refractivity contribution < 1.29 is 13.2 Å². The van der Waals surface area contributed by atoms with Crippen molar-refractivity contribution in [2.75, 3.05) is 27.7 Å². The molecule has 2 amide bonds. The van der Waals surface area contributed by atoms with Crippen molar-refractivity contribution in [2.24, 2.45) is 0 Å². The molecule has 0 aromatic heterocycles. The molecule has 25 heavy (non-hydrogen) atoms. The molecular formula is C17H18ClN3O3S. The van der Waals surface area contributed by atoms with Crippen molar-refractivity contribution in [1.29, 1.82) is 0 Å². The molecule has 1 heterocycles. The van der Waals surface area contributed by atoms with E-state index in [1.54, 1.807) is 24.3 Å². The lowest BCUT2D eigenvalue weighted by Crippen LogP contribution is -2.27. The third-order valence-corrected chi connectivity index (χ3v) is 5.46. The number of nitrogens with one attached hydrogen (secondary N) is 2. The van der Waals surface area contributed by atoms with Gasteiger partial charge in [-0.15, -0.1) is 0 Å². The number of hydrogen-bond acceptors (Lipinski definition) is 3. The predicted octanol–water partition coefficient (Wildman–Crippen LogP) is 3.61. The lowest BCUT2D eigenvalue weighted by Gasteiger charge is -2.17. The van der Waals surface area contributed by atoms with Crippen LogP contribution in [0.3, 0.4) is 0 Å². The van der Waals surface area contributed by atoms with E-state index >= 15 is 0 Å². The summed E-state index contributed by atoms with van der Waals surface area (Å²) in [5, 5.41) is 6.00. The normalized spacial score (nSPS) is 13.5. The Kier molecular flexibility index (Phi) is 4.62. The zero-order valence-corrected chi connectivity index (χ0v) is 15.4. The highest BCUT2D eigenvalue weighted by atomic mass is 35.5. The first kappa shape index (κ1) is 17.6. The summed E-state index contributed by atoms with van der Waals surface area (Å²) in [6, 6.07) is 10.1. The lowest BCUT2D eigenvalue weighted by atomic mass is 10.1. The summed E-state index contributed by atoms with van der Waals surface area (Å²) in [6.07, 6.45) is 1.84. The van der Waals surface area contributed by atoms with Crippen molar-refractivity contribution in [3.8, 4) is 0 Å². The monoisotopic (exact) mass is 379 g/mol. The molecule has 0 aliphatic carbocycles. The molecule has 0 unspecified atom stereocenters. The van der Waals surface area contributed by atoms with Crippen LogP contribution in [-0.2, 0) is 16.4 Å². The Hall–Kier alpha value is -2.25. The van der Waals surface area contributed by atoms with E-state index in [0.29, 0.717) is 35.1 Å². The van der Waals surface area contributed by atoms with Gasteiger partial charge in [0.05, 0.1) is 11.9 Å². The average Bonchev–Trinajstić information content (AvgIpc) is 2.94. The first-order valence-electron chi connectivity index (χ1n) is 7.69. The molecule has 2 N–H and O–H groups in total. The van der Waals surface area contributed by atoms with Crippen molar-refractivity contribution in [3.05, 3.63) is 52.5 Å². The lowest BCUT2D eigenvalue weighted by molar-refractivity contribution is 0.262. The Labute approximate surface area is 151 Å². The van der Waals surface area contributed by atoms with Crippen LogP contribution in [0.4, 0.5) is 21.9 Å². The second-order valence-electron chi connectivity index (χ2n) is 5.97. The highest BCUT2D eigenvalue weighted by molar-refractivity contribution is 7.92. The molecule has 1 aliphatic rings. The molecule has 2 aromatic carbocycles. The van der Waals surface area contributed by atoms with E-state index in [-0.39, 0.29) is 0 Å². The summed E-state index contributed by atoms with van der Waals surface area (Å²) in [7, 11) is -3.33. The van der Waals surface area contributed by atoms with Gasteiger partial charge in [0.1, 0.15) is 0 Å². The van der Waals surface area contributed by atoms with E-state index in [4.69, 9.17) is 11.6 Å². The number of rotatable bonds is 3. The quantitative estimate of drug-likeness (QED) is 0.854. The van der Waals surface area contributed by atoms with Crippen LogP contribution in [0.1, 0.15) is 11.1 Å². The number of amides is 2. The van der Waals surface area contributed by atoms with Crippen LogP contribution >= 0.6 is 11.6 Å². The second-order valence-corrected chi connectivity index (χ2v) is 8.31. The van der Waals surface area contributed by atoms with Crippen LogP contribution in [-0.4, -0.2) is 27.2 Å². The minimum atomic E-state index is -3.33. The van der Waals surface area contributed by atoms with Crippen LogP contribution in [0.2, 0.25) is 5.02 Å². The Balaban J connectivity index is 1.78. The number of carbonyl (C=O) groups excluding carboxylic acids is 1. The van der Waals surface area contributed by atoms with Gasteiger partial charge < -0.3 is 10.6 Å². The fourth-order valence-electron chi connectivity index (χ4n) is 2.79. The summed E-state index contributed by atoms with van der Waals surface area (Å²) in [5.74, 6) is 0. The van der Waals surface area contributed by atoms with E-state index in [1.165, 1.54) is 10.6 Å². The van der Waals surface area contributed by atoms with Crippen molar-refractivity contribution in [3.63, 3.8) is 0 Å². The SMILES string of the molecule is Cc1ccc(Cl)cc1NC(=O)Nc1ccc2c(c1)N(S(C)(=O)=O)CC2. The Morgan fingerprint density at radius 1 is 1.16 bits per heavy atom. The van der Waals surface area contributed by atoms with E-state index in [0.717, 1.165) is 11.1 Å². The molecular weight excluding hydrogens is 362 g/mol. The smallest absolute Gasteiger partial charge is 0.308 e. The van der Waals surface area contributed by atoms with Crippen LogP contribution in [0, 0.1) is 6.92 Å². The van der Waals surface area contributed by atoms with E-state index in [2.05, 4.69) is 10.6 Å². The largest absolute Gasteiger partial charge is 0.323 e. The number of nitrogens with zero attached hydrogens (tertiary/aromatic N) is 1. The number of fused-ring (bicyclic) bond motifs is 1. The molecule has 132 valence electrons. The first-order chi connectivity index (χ1) is 11.7. The molecule has 8 heteroatoms. The number of hydrogen-bond donors (Lipinski definition) is 2. The van der Waals surface area contributed by atoms with E-state index < -0.39 is 16.1 Å². The van der Waals surface area contributed by atoms with Crippen molar-refractivity contribution in [2.45, 2.75) is 13.3 Å². The maximum Gasteiger partial charge on any atom is 0.323 e. The maximum atomic E-state index is 12.2. The number of carbonyl (C=O) groups is 1. The van der Waals surface area contributed by atoms with Gasteiger partial charge in [0.25, 0.3) is 0 Å². The van der Waals surface area contributed by atoms with Crippen LogP contribution in [0.25, 0.3) is 0 Å². The molecule has 0 saturated heterocycles. The summed E-state index contributed by atoms with van der Waals surface area (Å²) in [4.78, 5) is 12.2. The molecule has 0 fully saturated rings. The Bertz CT molecular complexity index is 944. The standard InChI is InChI=1S/C17H18ClN3O3S/c1-11-3-5-13(18)9-15(11)20-17(22)19-14-6-4-12-7-8-21(16(12)10-14)25(2,23)24/h3-6,9-10H,7-8H2,1-2H3,(H2,19,20,22). The van der Waals surface area contributed by atoms with Gasteiger partial charge in [0.2, 0.25) is 10.0 Å². The number of urea groups is 1. The number of sulfonamides is 1. The van der Waals surface area contributed by atoms with Crippen molar-refractivity contribution in [1.82, 2.24) is 0 Å². The molecule has 0 saturated carbocycles.